The molecule has 1 aromatic carbocycles. The third kappa shape index (κ3) is 6.09. The van der Waals surface area contributed by atoms with E-state index in [1.807, 2.05) is 0 Å². The Kier molecular flexibility index (Phi) is 7.93. The Hall–Kier alpha value is -3.20. The minimum Gasteiger partial charge on any atom is -0.486 e. The number of aliphatic carboxylic acids is 1. The summed E-state index contributed by atoms with van der Waals surface area (Å²) in [6.45, 7) is 3.19. The zero-order chi connectivity index (χ0) is 29.6. The average molecular weight is 609 g/mol. The van der Waals surface area contributed by atoms with Gasteiger partial charge < -0.3 is 14.6 Å². The molecule has 4 rings (SSSR count). The van der Waals surface area contributed by atoms with Crippen LogP contribution in [0.2, 0.25) is 5.15 Å². The van der Waals surface area contributed by atoms with Gasteiger partial charge in [0.2, 0.25) is 5.60 Å². The maximum absolute atomic E-state index is 13.9. The fraction of sp³-hybridized carbons (Fsp3) is 0.542. The number of aryl methyl sites for hydroxylation is 1. The van der Waals surface area contributed by atoms with Crippen molar-refractivity contribution in [3.8, 4) is 5.75 Å². The average Bonchev–Trinajstić information content (AvgIpc) is 3.61. The van der Waals surface area contributed by atoms with Crippen molar-refractivity contribution >= 4 is 45.1 Å². The number of carboxylic acids is 1. The van der Waals surface area contributed by atoms with E-state index in [-0.39, 0.29) is 46.1 Å². The predicted molar refractivity (Wildman–Crippen MR) is 137 cm³/mol. The van der Waals surface area contributed by atoms with Crippen molar-refractivity contribution in [2.45, 2.75) is 69.4 Å². The summed E-state index contributed by atoms with van der Waals surface area (Å²) in [5.74, 6) is -1.40. The van der Waals surface area contributed by atoms with E-state index in [0.717, 1.165) is 17.1 Å². The number of halogens is 4. The van der Waals surface area contributed by atoms with Gasteiger partial charge in [-0.15, -0.1) is 0 Å². The van der Waals surface area contributed by atoms with Gasteiger partial charge in [-0.1, -0.05) is 11.6 Å². The van der Waals surface area contributed by atoms with E-state index < -0.39 is 45.9 Å². The summed E-state index contributed by atoms with van der Waals surface area (Å²) in [7, 11) is -4.39. The molecule has 2 aromatic rings. The van der Waals surface area contributed by atoms with Crippen LogP contribution < -0.4 is 14.4 Å². The van der Waals surface area contributed by atoms with Gasteiger partial charge in [0.1, 0.15) is 16.7 Å². The van der Waals surface area contributed by atoms with Crippen molar-refractivity contribution in [3.63, 3.8) is 0 Å². The molecule has 0 radical (unpaired) electrons. The molecule has 16 heteroatoms. The highest BCUT2D eigenvalue weighted by Gasteiger charge is 2.51. The second-order valence-electron chi connectivity index (χ2n) is 10.1. The molecule has 1 aliphatic carbocycles. The highest BCUT2D eigenvalue weighted by molar-refractivity contribution is 7.93. The molecule has 2 aliphatic rings. The number of carboxylic acid groups (broad SMARTS) is 1. The minimum atomic E-state index is -4.83. The molecule has 0 unspecified atom stereocenters. The molecule has 1 aliphatic heterocycles. The van der Waals surface area contributed by atoms with Crippen LogP contribution in [0.3, 0.4) is 0 Å². The van der Waals surface area contributed by atoms with Gasteiger partial charge in [-0.2, -0.15) is 18.3 Å². The molecule has 0 spiro atoms. The summed E-state index contributed by atoms with van der Waals surface area (Å²) in [4.78, 5) is 23.6. The van der Waals surface area contributed by atoms with Gasteiger partial charge in [0, 0.05) is 24.3 Å². The molecule has 2 N–H and O–H groups in total. The van der Waals surface area contributed by atoms with Crippen LogP contribution in [0.25, 0.3) is 0 Å². The number of amides is 1. The summed E-state index contributed by atoms with van der Waals surface area (Å²) in [5, 5.41) is 15.4. The van der Waals surface area contributed by atoms with Crippen molar-refractivity contribution in [2.75, 3.05) is 16.2 Å². The van der Waals surface area contributed by atoms with Crippen LogP contribution in [0.5, 0.6) is 5.75 Å². The lowest BCUT2D eigenvalue weighted by atomic mass is 9.92. The SMILES string of the molecule is CCn1cc(S(=O)(=O)N2C[C@H]([C@@H](CC(=O)O)C3CC3)Oc3ccc(NC(=O)OC(C)(C)C(F)(F)F)cc32)c(Cl)n1. The molecule has 1 fully saturated rings. The number of fused-ring (bicyclic) bond motifs is 1. The maximum Gasteiger partial charge on any atom is 0.427 e. The number of carbonyl (C=O) groups excluding carboxylic acids is 1. The smallest absolute Gasteiger partial charge is 0.427 e. The molecule has 1 saturated carbocycles. The van der Waals surface area contributed by atoms with Gasteiger partial charge in [0.05, 0.1) is 18.7 Å². The van der Waals surface area contributed by atoms with Crippen LogP contribution in [0.4, 0.5) is 29.3 Å². The fourth-order valence-corrected chi connectivity index (χ4v) is 6.33. The van der Waals surface area contributed by atoms with Gasteiger partial charge in [-0.05, 0) is 57.7 Å². The molecule has 1 amide bonds. The summed E-state index contributed by atoms with van der Waals surface area (Å²) < 4.78 is 80.2. The van der Waals surface area contributed by atoms with E-state index in [4.69, 9.17) is 16.3 Å². The van der Waals surface area contributed by atoms with Crippen molar-refractivity contribution in [1.29, 1.82) is 0 Å². The van der Waals surface area contributed by atoms with E-state index in [0.29, 0.717) is 20.4 Å². The summed E-state index contributed by atoms with van der Waals surface area (Å²) in [6, 6.07) is 3.86. The number of ether oxygens (including phenoxy) is 2. The standard InChI is InChI=1S/C24H28ClF3N4O7S/c1-4-31-12-19(21(25)30-31)40(36,37)32-11-18(15(10-20(33)34)13-5-6-13)38-17-8-7-14(9-16(17)32)29-22(35)39-23(2,3)24(26,27)28/h7-9,12-13,15,18H,4-6,10-11H2,1-3H3,(H,29,35)(H,33,34)/t15-,18+/m0/s1. The normalized spacial score (nSPS) is 18.5. The van der Waals surface area contributed by atoms with E-state index in [2.05, 4.69) is 15.2 Å². The number of sulfonamides is 1. The molecule has 11 nitrogen and oxygen atoms in total. The molecule has 40 heavy (non-hydrogen) atoms. The van der Waals surface area contributed by atoms with E-state index in [1.54, 1.807) is 6.92 Å². The Bertz CT molecular complexity index is 1410. The first kappa shape index (κ1) is 29.8. The van der Waals surface area contributed by atoms with Crippen molar-refractivity contribution in [2.24, 2.45) is 11.8 Å². The Morgan fingerprint density at radius 3 is 2.52 bits per heavy atom. The van der Waals surface area contributed by atoms with Crippen LogP contribution >= 0.6 is 11.6 Å². The summed E-state index contributed by atoms with van der Waals surface area (Å²) in [5.41, 5.74) is -2.88. The topological polar surface area (TPSA) is 140 Å². The Labute approximate surface area is 233 Å². The first-order chi connectivity index (χ1) is 18.5. The molecule has 2 atom stereocenters. The first-order valence-electron chi connectivity index (χ1n) is 12.4. The molecular formula is C24H28ClF3N4O7S. The van der Waals surface area contributed by atoms with Crippen molar-refractivity contribution < 1.29 is 45.8 Å². The zero-order valence-electron chi connectivity index (χ0n) is 21.7. The van der Waals surface area contributed by atoms with Crippen molar-refractivity contribution in [1.82, 2.24) is 9.78 Å². The molecule has 0 bridgehead atoms. The molecule has 0 saturated heterocycles. The number of aromatic nitrogens is 2. The molecule has 1 aromatic heterocycles. The van der Waals surface area contributed by atoms with Crippen molar-refractivity contribution in [3.05, 3.63) is 29.5 Å². The minimum absolute atomic E-state index is 0.0330. The number of alkyl halides is 3. The van der Waals surface area contributed by atoms with E-state index in [1.165, 1.54) is 29.1 Å². The number of nitrogens with one attached hydrogen (secondary N) is 1. The number of nitrogens with zero attached hydrogens (tertiary/aromatic N) is 3. The largest absolute Gasteiger partial charge is 0.486 e. The van der Waals surface area contributed by atoms with Gasteiger partial charge >= 0.3 is 18.2 Å². The van der Waals surface area contributed by atoms with Gasteiger partial charge in [-0.25, -0.2) is 13.2 Å². The third-order valence-corrected chi connectivity index (χ3v) is 8.99. The summed E-state index contributed by atoms with van der Waals surface area (Å²) >= 11 is 6.17. The van der Waals surface area contributed by atoms with Crippen LogP contribution in [0, 0.1) is 11.8 Å². The number of benzene rings is 1. The van der Waals surface area contributed by atoms with Gasteiger partial charge in [0.25, 0.3) is 10.0 Å². The van der Waals surface area contributed by atoms with Crippen LogP contribution in [-0.4, -0.2) is 59.8 Å². The van der Waals surface area contributed by atoms with Crippen LogP contribution in [0.1, 0.15) is 40.0 Å². The molecule has 2 heterocycles. The quantitative estimate of drug-likeness (QED) is 0.410. The second-order valence-corrected chi connectivity index (χ2v) is 12.3. The predicted octanol–water partition coefficient (Wildman–Crippen LogP) is 4.90. The highest BCUT2D eigenvalue weighted by atomic mass is 35.5. The van der Waals surface area contributed by atoms with Gasteiger partial charge in [0.15, 0.2) is 5.15 Å². The Morgan fingerprint density at radius 2 is 1.98 bits per heavy atom. The number of carbonyl (C=O) groups is 2. The molecule has 220 valence electrons. The lowest BCUT2D eigenvalue weighted by molar-refractivity contribution is -0.242. The monoisotopic (exact) mass is 608 g/mol. The lowest BCUT2D eigenvalue weighted by Gasteiger charge is -2.38. The maximum atomic E-state index is 13.9. The molecular weight excluding hydrogens is 581 g/mol. The Morgan fingerprint density at radius 1 is 1.30 bits per heavy atom. The number of rotatable bonds is 9. The fourth-order valence-electron chi connectivity index (χ4n) is 4.40. The zero-order valence-corrected chi connectivity index (χ0v) is 23.3. The number of hydrogen-bond donors (Lipinski definition) is 2. The first-order valence-corrected chi connectivity index (χ1v) is 14.2. The van der Waals surface area contributed by atoms with Crippen LogP contribution in [0.15, 0.2) is 29.3 Å². The van der Waals surface area contributed by atoms with E-state index >= 15 is 0 Å². The number of hydrogen-bond acceptors (Lipinski definition) is 7. The highest BCUT2D eigenvalue weighted by Crippen LogP contribution is 2.46. The number of anilines is 2. The summed E-state index contributed by atoms with van der Waals surface area (Å²) in [6.07, 6.45) is -4.46. The van der Waals surface area contributed by atoms with E-state index in [9.17, 15) is 36.3 Å². The van der Waals surface area contributed by atoms with Crippen LogP contribution in [-0.2, 0) is 26.1 Å². The Balaban J connectivity index is 1.72. The lowest BCUT2D eigenvalue weighted by Crippen LogP contribution is -2.47. The van der Waals surface area contributed by atoms with Gasteiger partial charge in [-0.3, -0.25) is 19.1 Å². The third-order valence-electron chi connectivity index (χ3n) is 6.82. The second kappa shape index (κ2) is 10.7.